The van der Waals surface area contributed by atoms with Gasteiger partial charge < -0.3 is 58.9 Å². The van der Waals surface area contributed by atoms with Crippen LogP contribution in [0, 0.1) is 16.7 Å². The van der Waals surface area contributed by atoms with Gasteiger partial charge in [-0.05, 0) is 49.8 Å². The molecule has 17 nitrogen and oxygen atoms in total. The van der Waals surface area contributed by atoms with Gasteiger partial charge in [-0.15, -0.1) is 0 Å². The molecule has 17 heteroatoms. The first-order valence-corrected chi connectivity index (χ1v) is 21.6. The van der Waals surface area contributed by atoms with Crippen molar-refractivity contribution in [1.29, 1.82) is 0 Å². The van der Waals surface area contributed by atoms with Gasteiger partial charge in [-0.2, -0.15) is 0 Å². The Morgan fingerprint density at radius 3 is 2.22 bits per heavy atom. The number of methoxy groups -OCH3 is 1. The van der Waals surface area contributed by atoms with Gasteiger partial charge in [-0.3, -0.25) is 19.2 Å². The maximum atomic E-state index is 13.5. The number of esters is 4. The highest BCUT2D eigenvalue weighted by Gasteiger charge is 2.59. The average molecular weight is 888 g/mol. The highest BCUT2D eigenvalue weighted by atomic mass is 16.7. The molecule has 5 N–H and O–H groups in total. The number of cyclic esters (lactones) is 1. The molecule has 6 bridgehead atoms. The molecule has 1 amide bonds. The molecule has 4 aliphatic rings. The molecule has 3 fully saturated rings. The third-order valence-electron chi connectivity index (χ3n) is 12.7. The van der Waals surface area contributed by atoms with Crippen LogP contribution in [0.1, 0.15) is 106 Å². The Hall–Kier alpha value is -4.23. The van der Waals surface area contributed by atoms with E-state index in [1.807, 2.05) is 6.07 Å². The number of hydrogen-bond donors (Lipinski definition) is 5. The fraction of sp³-hybridized carbons (Fsp3) is 0.674. The third-order valence-corrected chi connectivity index (χ3v) is 12.7. The number of rotatable bonds is 7. The quantitative estimate of drug-likeness (QED) is 0.113. The molecule has 4 heterocycles. The Balaban J connectivity index is 1.60. The molecule has 1 aromatic carbocycles. The van der Waals surface area contributed by atoms with Crippen LogP contribution in [0.5, 0.6) is 0 Å². The molecular weight excluding hydrogens is 822 g/mol. The number of amides is 1. The standard InChI is InChI=1S/C46H65NO16/c1-26(48)37-23-34-19-30(20-40(53)57-8)42(59-28(3)50)46(56,63-34)43(4,5)15-14-33-16-29(18-39(52)47-31-12-10-9-11-13-31)17-36(60-33)25-45(55)44(6,7)38(58-27(2)49)24-35(62-45)21-32(51)22-41(54)61-37/h9-15,20,26,29,32-38,42,48,51,55-56H,16-19,21-25H2,1-8H3,(H,47,52)/b15-14+,30-20+/t26-,29?,32-,33?,34?,35?,36+,37?,38?,42+,45+,46?/m1/s1. The zero-order valence-electron chi connectivity index (χ0n) is 37.4. The lowest BCUT2D eigenvalue weighted by Gasteiger charge is -2.54. The number of hydrogen-bond acceptors (Lipinski definition) is 16. The minimum Gasteiger partial charge on any atom is -0.466 e. The summed E-state index contributed by atoms with van der Waals surface area (Å²) in [6, 6.07) is 9.00. The van der Waals surface area contributed by atoms with Gasteiger partial charge in [0.25, 0.3) is 0 Å². The van der Waals surface area contributed by atoms with Gasteiger partial charge in [0.15, 0.2) is 11.9 Å². The Morgan fingerprint density at radius 1 is 0.905 bits per heavy atom. The summed E-state index contributed by atoms with van der Waals surface area (Å²) in [5.41, 5.74) is -1.93. The van der Waals surface area contributed by atoms with Crippen molar-refractivity contribution in [3.63, 3.8) is 0 Å². The summed E-state index contributed by atoms with van der Waals surface area (Å²) in [5, 5.41) is 50.3. The Morgan fingerprint density at radius 2 is 1.59 bits per heavy atom. The zero-order valence-corrected chi connectivity index (χ0v) is 37.4. The van der Waals surface area contributed by atoms with Gasteiger partial charge in [-0.25, -0.2) is 4.79 Å². The molecule has 350 valence electrons. The molecule has 0 radical (unpaired) electrons. The number of benzene rings is 1. The minimum atomic E-state index is -2.40. The van der Waals surface area contributed by atoms with E-state index in [0.717, 1.165) is 13.0 Å². The maximum absolute atomic E-state index is 13.5. The van der Waals surface area contributed by atoms with Crippen molar-refractivity contribution in [3.8, 4) is 0 Å². The van der Waals surface area contributed by atoms with Gasteiger partial charge in [0.05, 0.1) is 55.6 Å². The lowest BCUT2D eigenvalue weighted by Crippen LogP contribution is -2.62. The van der Waals surface area contributed by atoms with Crippen molar-refractivity contribution in [2.45, 2.75) is 173 Å². The molecule has 4 aliphatic heterocycles. The summed E-state index contributed by atoms with van der Waals surface area (Å²) in [6.45, 7) is 10.4. The SMILES string of the molecule is COC(=O)/C=C1\CC2CC([C@@H](C)O)OC(=O)C[C@H](O)CC3CC(OC(C)=O)C(C)(C)[C@](O)(C[C@@H]4CC(CC(=O)Nc5ccccc5)CC(/C=C/C(C)(C)C(O)(O2)[C@H]1OC(C)=O)O4)O3. The van der Waals surface area contributed by atoms with Gasteiger partial charge in [0.1, 0.15) is 12.2 Å². The minimum absolute atomic E-state index is 0.0849. The van der Waals surface area contributed by atoms with Crippen molar-refractivity contribution in [2.24, 2.45) is 16.7 Å². The Kier molecular flexibility index (Phi) is 16.0. The van der Waals surface area contributed by atoms with Crippen LogP contribution < -0.4 is 5.32 Å². The molecule has 12 atom stereocenters. The lowest BCUT2D eigenvalue weighted by atomic mass is 9.70. The first kappa shape index (κ1) is 49.8. The largest absolute Gasteiger partial charge is 0.466 e. The number of nitrogens with one attached hydrogen (secondary N) is 1. The van der Waals surface area contributed by atoms with Crippen molar-refractivity contribution < 1.29 is 77.6 Å². The molecule has 0 spiro atoms. The number of para-hydroxylation sites is 1. The number of anilines is 1. The van der Waals surface area contributed by atoms with Gasteiger partial charge in [0, 0.05) is 63.1 Å². The average Bonchev–Trinajstić information content (AvgIpc) is 3.16. The molecular formula is C46H65NO16. The van der Waals surface area contributed by atoms with E-state index in [4.69, 9.17) is 33.2 Å². The molecule has 3 saturated heterocycles. The van der Waals surface area contributed by atoms with Crippen molar-refractivity contribution in [1.82, 2.24) is 0 Å². The normalized spacial score (nSPS) is 36.3. The second-order valence-electron chi connectivity index (χ2n) is 18.6. The zero-order chi connectivity index (χ0) is 46.5. The highest BCUT2D eigenvalue weighted by molar-refractivity contribution is 5.90. The number of fused-ring (bicyclic) bond motifs is 6. The van der Waals surface area contributed by atoms with Crippen molar-refractivity contribution >= 4 is 35.5 Å². The van der Waals surface area contributed by atoms with Crippen LogP contribution in [0.4, 0.5) is 5.69 Å². The van der Waals surface area contributed by atoms with E-state index in [2.05, 4.69) is 5.32 Å². The summed E-state index contributed by atoms with van der Waals surface area (Å²) in [4.78, 5) is 64.6. The second kappa shape index (κ2) is 20.3. The van der Waals surface area contributed by atoms with Crippen LogP contribution >= 0.6 is 0 Å². The van der Waals surface area contributed by atoms with Crippen LogP contribution in [0.25, 0.3) is 0 Å². The number of aliphatic hydroxyl groups is 4. The summed E-state index contributed by atoms with van der Waals surface area (Å²) < 4.78 is 41.6. The first-order chi connectivity index (χ1) is 29.4. The summed E-state index contributed by atoms with van der Waals surface area (Å²) >= 11 is 0. The van der Waals surface area contributed by atoms with Crippen molar-refractivity contribution in [3.05, 3.63) is 54.1 Å². The van der Waals surface area contributed by atoms with E-state index in [-0.39, 0.29) is 55.9 Å². The predicted octanol–water partition coefficient (Wildman–Crippen LogP) is 3.93. The summed E-state index contributed by atoms with van der Waals surface area (Å²) in [6.07, 6.45) is -5.65. The molecule has 0 aliphatic carbocycles. The lowest BCUT2D eigenvalue weighted by molar-refractivity contribution is -0.349. The van der Waals surface area contributed by atoms with E-state index in [1.54, 1.807) is 64.1 Å². The van der Waals surface area contributed by atoms with Gasteiger partial charge in [0.2, 0.25) is 11.7 Å². The number of ether oxygens (including phenoxy) is 7. The smallest absolute Gasteiger partial charge is 0.330 e. The van der Waals surface area contributed by atoms with Crippen LogP contribution in [0.15, 0.2) is 54.1 Å². The Labute approximate surface area is 368 Å². The van der Waals surface area contributed by atoms with Crippen molar-refractivity contribution in [2.75, 3.05) is 12.4 Å². The van der Waals surface area contributed by atoms with E-state index in [0.29, 0.717) is 18.5 Å². The Bertz CT molecular complexity index is 1860. The molecule has 63 heavy (non-hydrogen) atoms. The van der Waals surface area contributed by atoms with E-state index in [1.165, 1.54) is 21.0 Å². The van der Waals surface area contributed by atoms with Crippen LogP contribution in [0.3, 0.4) is 0 Å². The molecule has 0 aromatic heterocycles. The maximum Gasteiger partial charge on any atom is 0.330 e. The van der Waals surface area contributed by atoms with Gasteiger partial charge in [-0.1, -0.05) is 58.0 Å². The molecule has 7 unspecified atom stereocenters. The summed E-state index contributed by atoms with van der Waals surface area (Å²) in [7, 11) is 1.17. The molecule has 1 aromatic rings. The van der Waals surface area contributed by atoms with Crippen LogP contribution in [0.2, 0.25) is 0 Å². The summed E-state index contributed by atoms with van der Waals surface area (Å²) in [5.74, 6) is -8.02. The fourth-order valence-corrected chi connectivity index (χ4v) is 9.13. The highest BCUT2D eigenvalue weighted by Crippen LogP contribution is 2.50. The third kappa shape index (κ3) is 12.3. The van der Waals surface area contributed by atoms with Gasteiger partial charge >= 0.3 is 23.9 Å². The van der Waals surface area contributed by atoms with Crippen LogP contribution in [-0.4, -0.2) is 124 Å². The molecule has 0 saturated carbocycles. The second-order valence-corrected chi connectivity index (χ2v) is 18.6. The topological polar surface area (TPSA) is 243 Å². The predicted molar refractivity (Wildman–Crippen MR) is 224 cm³/mol. The van der Waals surface area contributed by atoms with E-state index >= 15 is 0 Å². The van der Waals surface area contributed by atoms with Crippen LogP contribution in [-0.2, 0) is 57.1 Å². The monoisotopic (exact) mass is 887 g/mol. The van der Waals surface area contributed by atoms with E-state index in [9.17, 15) is 44.4 Å². The molecule has 5 rings (SSSR count). The van der Waals surface area contributed by atoms with E-state index < -0.39 is 108 Å². The fourth-order valence-electron chi connectivity index (χ4n) is 9.13. The number of aliphatic hydroxyl groups excluding tert-OH is 2. The number of carbonyl (C=O) groups excluding carboxylic acids is 5. The first-order valence-electron chi connectivity index (χ1n) is 21.6. The number of carbonyl (C=O) groups is 5.